The zero-order chi connectivity index (χ0) is 13.8. The van der Waals surface area contributed by atoms with Crippen molar-refractivity contribution in [2.75, 3.05) is 12.8 Å². The van der Waals surface area contributed by atoms with E-state index in [0.29, 0.717) is 17.1 Å². The number of nitrogens with zero attached hydrogens (tertiary/aromatic N) is 3. The molecule has 0 fully saturated rings. The van der Waals surface area contributed by atoms with E-state index in [0.717, 1.165) is 0 Å². The van der Waals surface area contributed by atoms with E-state index in [1.54, 1.807) is 12.1 Å². The molecule has 2 N–H and O–H groups in total. The van der Waals surface area contributed by atoms with Crippen LogP contribution in [0.4, 0.5) is 5.69 Å². The smallest absolute Gasteiger partial charge is 0.247 e. The van der Waals surface area contributed by atoms with Gasteiger partial charge in [0.1, 0.15) is 23.5 Å². The number of rotatable bonds is 3. The maximum atomic E-state index is 8.91. The molecule has 2 rings (SSSR count). The van der Waals surface area contributed by atoms with Crippen molar-refractivity contribution in [3.63, 3.8) is 0 Å². The number of hydrogen-bond acceptors (Lipinski definition) is 6. The molecule has 0 aliphatic heterocycles. The summed E-state index contributed by atoms with van der Waals surface area (Å²) in [5.41, 5.74) is 6.22. The van der Waals surface area contributed by atoms with E-state index >= 15 is 0 Å². The van der Waals surface area contributed by atoms with Crippen LogP contribution in [0, 0.1) is 11.3 Å². The first-order valence-corrected chi connectivity index (χ1v) is 5.55. The fraction of sp³-hybridized carbons (Fsp3) is 0.0833. The Morgan fingerprint density at radius 3 is 2.68 bits per heavy atom. The normalized spacial score (nSPS) is 9.74. The quantitative estimate of drug-likeness (QED) is 0.865. The molecule has 1 heterocycles. The molecular formula is C12H9ClN4O2. The summed E-state index contributed by atoms with van der Waals surface area (Å²) in [6.07, 6.45) is 1.24. The molecule has 0 saturated carbocycles. The number of nitrogen functional groups attached to an aromatic ring is 1. The highest BCUT2D eigenvalue weighted by atomic mass is 35.5. The summed E-state index contributed by atoms with van der Waals surface area (Å²) in [6, 6.07) is 6.74. The summed E-state index contributed by atoms with van der Waals surface area (Å²) in [5, 5.41) is 9.02. The van der Waals surface area contributed by atoms with Crippen molar-refractivity contribution in [3.8, 4) is 23.4 Å². The lowest BCUT2D eigenvalue weighted by atomic mass is 10.2. The van der Waals surface area contributed by atoms with Crippen LogP contribution in [0.25, 0.3) is 0 Å². The van der Waals surface area contributed by atoms with Crippen LogP contribution >= 0.6 is 11.6 Å². The molecule has 0 unspecified atom stereocenters. The van der Waals surface area contributed by atoms with Gasteiger partial charge in [-0.15, -0.1) is 0 Å². The highest BCUT2D eigenvalue weighted by Crippen LogP contribution is 2.31. The van der Waals surface area contributed by atoms with Gasteiger partial charge in [-0.05, 0) is 12.1 Å². The zero-order valence-electron chi connectivity index (χ0n) is 9.92. The Hall–Kier alpha value is -2.52. The Bertz CT molecular complexity index is 655. The van der Waals surface area contributed by atoms with E-state index < -0.39 is 0 Å². The van der Waals surface area contributed by atoms with Gasteiger partial charge in [0.15, 0.2) is 5.15 Å². The molecule has 1 aromatic carbocycles. The van der Waals surface area contributed by atoms with E-state index in [9.17, 15) is 0 Å². The fourth-order valence-corrected chi connectivity index (χ4v) is 1.49. The molecular weight excluding hydrogens is 268 g/mol. The van der Waals surface area contributed by atoms with E-state index in [1.165, 1.54) is 19.5 Å². The lowest BCUT2D eigenvalue weighted by Gasteiger charge is -2.09. The Balaban J connectivity index is 2.38. The van der Waals surface area contributed by atoms with Crippen molar-refractivity contribution in [3.05, 3.63) is 35.2 Å². The maximum absolute atomic E-state index is 8.91. The number of halogens is 1. The highest BCUT2D eigenvalue weighted by Gasteiger charge is 2.10. The average Bonchev–Trinajstić information content (AvgIpc) is 2.43. The standard InChI is InChI=1S/C12H9ClN4O2/c1-18-8-2-7(5-14)3-9(4-8)19-12-10(15)11(13)16-6-17-12/h2-4,6H,15H2,1H3. The first kappa shape index (κ1) is 12.9. The van der Waals surface area contributed by atoms with E-state index in [2.05, 4.69) is 9.97 Å². The molecule has 0 aliphatic rings. The molecule has 0 atom stereocenters. The number of anilines is 1. The van der Waals surface area contributed by atoms with E-state index in [-0.39, 0.29) is 16.7 Å². The summed E-state index contributed by atoms with van der Waals surface area (Å²) in [6.45, 7) is 0. The summed E-state index contributed by atoms with van der Waals surface area (Å²) in [7, 11) is 1.50. The molecule has 0 radical (unpaired) electrons. The molecule has 0 saturated heterocycles. The number of aromatic nitrogens is 2. The summed E-state index contributed by atoms with van der Waals surface area (Å²) >= 11 is 5.76. The van der Waals surface area contributed by atoms with Crippen LogP contribution in [-0.2, 0) is 0 Å². The Morgan fingerprint density at radius 1 is 1.26 bits per heavy atom. The molecule has 19 heavy (non-hydrogen) atoms. The number of ether oxygens (including phenoxy) is 2. The minimum atomic E-state index is 0.105. The van der Waals surface area contributed by atoms with Gasteiger partial charge < -0.3 is 15.2 Å². The number of nitrogens with two attached hydrogens (primary N) is 1. The van der Waals surface area contributed by atoms with Crippen LogP contribution in [0.3, 0.4) is 0 Å². The molecule has 0 aliphatic carbocycles. The molecule has 2 aromatic rings. The minimum Gasteiger partial charge on any atom is -0.497 e. The third-order valence-electron chi connectivity index (χ3n) is 2.26. The molecule has 0 bridgehead atoms. The van der Waals surface area contributed by atoms with Gasteiger partial charge in [0.25, 0.3) is 0 Å². The number of hydrogen-bond donors (Lipinski definition) is 1. The van der Waals surface area contributed by atoms with Gasteiger partial charge in [-0.1, -0.05) is 11.6 Å². The van der Waals surface area contributed by atoms with Crippen LogP contribution in [0.5, 0.6) is 17.4 Å². The van der Waals surface area contributed by atoms with Crippen LogP contribution in [0.15, 0.2) is 24.5 Å². The predicted octanol–water partition coefficient (Wildman–Crippen LogP) is 2.38. The zero-order valence-corrected chi connectivity index (χ0v) is 10.7. The maximum Gasteiger partial charge on any atom is 0.247 e. The molecule has 1 aromatic heterocycles. The van der Waals surface area contributed by atoms with Gasteiger partial charge in [-0.25, -0.2) is 4.98 Å². The van der Waals surface area contributed by atoms with Crippen molar-refractivity contribution in [2.45, 2.75) is 0 Å². The average molecular weight is 277 g/mol. The number of nitriles is 1. The second-order valence-corrected chi connectivity index (χ2v) is 3.85. The van der Waals surface area contributed by atoms with Crippen LogP contribution in [0.1, 0.15) is 5.56 Å². The highest BCUT2D eigenvalue weighted by molar-refractivity contribution is 6.32. The Labute approximate surface area is 114 Å². The Kier molecular flexibility index (Phi) is 3.68. The van der Waals surface area contributed by atoms with Gasteiger partial charge in [0.2, 0.25) is 5.88 Å². The summed E-state index contributed by atoms with van der Waals surface area (Å²) in [5.74, 6) is 0.988. The predicted molar refractivity (Wildman–Crippen MR) is 69.2 cm³/mol. The molecule has 7 heteroatoms. The first-order valence-electron chi connectivity index (χ1n) is 5.17. The topological polar surface area (TPSA) is 94.0 Å². The second kappa shape index (κ2) is 5.42. The minimum absolute atomic E-state index is 0.105. The van der Waals surface area contributed by atoms with Crippen LogP contribution in [-0.4, -0.2) is 17.1 Å². The number of benzene rings is 1. The molecule has 0 spiro atoms. The van der Waals surface area contributed by atoms with E-state index in [4.69, 9.17) is 32.1 Å². The van der Waals surface area contributed by atoms with Gasteiger partial charge >= 0.3 is 0 Å². The third-order valence-corrected chi connectivity index (χ3v) is 2.56. The van der Waals surface area contributed by atoms with Gasteiger partial charge in [-0.3, -0.25) is 0 Å². The molecule has 6 nitrogen and oxygen atoms in total. The van der Waals surface area contributed by atoms with Crippen molar-refractivity contribution in [1.29, 1.82) is 5.26 Å². The largest absolute Gasteiger partial charge is 0.497 e. The molecule has 0 amide bonds. The third kappa shape index (κ3) is 2.84. The summed E-state index contributed by atoms with van der Waals surface area (Å²) in [4.78, 5) is 7.60. The van der Waals surface area contributed by atoms with Crippen molar-refractivity contribution >= 4 is 17.3 Å². The SMILES string of the molecule is COc1cc(C#N)cc(Oc2ncnc(Cl)c2N)c1. The van der Waals surface area contributed by atoms with E-state index in [1.807, 2.05) is 6.07 Å². The van der Waals surface area contributed by atoms with Crippen LogP contribution < -0.4 is 15.2 Å². The monoisotopic (exact) mass is 276 g/mol. The van der Waals surface area contributed by atoms with Crippen molar-refractivity contribution in [2.24, 2.45) is 0 Å². The Morgan fingerprint density at radius 2 is 2.00 bits per heavy atom. The van der Waals surface area contributed by atoms with Crippen molar-refractivity contribution in [1.82, 2.24) is 9.97 Å². The van der Waals surface area contributed by atoms with Gasteiger partial charge in [0.05, 0.1) is 18.7 Å². The number of methoxy groups -OCH3 is 1. The summed E-state index contributed by atoms with van der Waals surface area (Å²) < 4.78 is 10.6. The van der Waals surface area contributed by atoms with Crippen LogP contribution in [0.2, 0.25) is 5.15 Å². The lowest BCUT2D eigenvalue weighted by Crippen LogP contribution is -1.98. The van der Waals surface area contributed by atoms with Gasteiger partial charge in [-0.2, -0.15) is 10.2 Å². The molecule has 96 valence electrons. The van der Waals surface area contributed by atoms with Crippen molar-refractivity contribution < 1.29 is 9.47 Å². The lowest BCUT2D eigenvalue weighted by molar-refractivity contribution is 0.407. The first-order chi connectivity index (χ1) is 9.13. The fourth-order valence-electron chi connectivity index (χ4n) is 1.37. The van der Waals surface area contributed by atoms with Gasteiger partial charge in [0, 0.05) is 6.07 Å². The second-order valence-electron chi connectivity index (χ2n) is 3.49.